The van der Waals surface area contributed by atoms with Gasteiger partial charge >= 0.3 is 0 Å². The summed E-state index contributed by atoms with van der Waals surface area (Å²) in [5, 5.41) is 14.1. The van der Waals surface area contributed by atoms with E-state index in [0.29, 0.717) is 6.42 Å². The Hall–Kier alpha value is -1.07. The second kappa shape index (κ2) is 4.74. The molecule has 0 aromatic heterocycles. The molecule has 2 N–H and O–H groups in total. The Morgan fingerprint density at radius 3 is 2.85 bits per heavy atom. The van der Waals surface area contributed by atoms with E-state index in [-0.39, 0.29) is 11.9 Å². The van der Waals surface area contributed by atoms with Gasteiger partial charge in [0.15, 0.2) is 0 Å². The summed E-state index contributed by atoms with van der Waals surface area (Å²) in [5.74, 6) is 0.137. The molecule has 0 bridgehead atoms. The van der Waals surface area contributed by atoms with E-state index in [4.69, 9.17) is 0 Å². The molecule has 1 aromatic rings. The highest BCUT2D eigenvalue weighted by Gasteiger charge is 2.45. The van der Waals surface area contributed by atoms with Crippen LogP contribution in [0.15, 0.2) is 22.7 Å². The summed E-state index contributed by atoms with van der Waals surface area (Å²) in [7, 11) is 0. The van der Waals surface area contributed by atoms with Crippen LogP contribution in [-0.4, -0.2) is 34.1 Å². The summed E-state index contributed by atoms with van der Waals surface area (Å²) < 4.78 is 0.960. The SMILES string of the molecule is CC1(C)Nc2ccc(Br)cc2[C@@H](N2CCCC2=O)[C@@H]1O. The number of nitrogens with zero attached hydrogens (tertiary/aromatic N) is 1. The number of benzene rings is 1. The van der Waals surface area contributed by atoms with Crippen LogP contribution in [0, 0.1) is 0 Å². The summed E-state index contributed by atoms with van der Waals surface area (Å²) >= 11 is 3.48. The zero-order valence-electron chi connectivity index (χ0n) is 11.7. The highest BCUT2D eigenvalue weighted by molar-refractivity contribution is 9.10. The lowest BCUT2D eigenvalue weighted by Crippen LogP contribution is -2.55. The van der Waals surface area contributed by atoms with Crippen molar-refractivity contribution in [3.05, 3.63) is 28.2 Å². The molecule has 3 rings (SSSR count). The van der Waals surface area contributed by atoms with Gasteiger partial charge in [-0.25, -0.2) is 0 Å². The maximum Gasteiger partial charge on any atom is 0.223 e. The first kappa shape index (κ1) is 13.9. The van der Waals surface area contributed by atoms with Crippen molar-refractivity contribution >= 4 is 27.5 Å². The van der Waals surface area contributed by atoms with Crippen LogP contribution in [0.3, 0.4) is 0 Å². The van der Waals surface area contributed by atoms with E-state index >= 15 is 0 Å². The number of amides is 1. The Labute approximate surface area is 127 Å². The number of hydrogen-bond donors (Lipinski definition) is 2. The van der Waals surface area contributed by atoms with Crippen molar-refractivity contribution < 1.29 is 9.90 Å². The quantitative estimate of drug-likeness (QED) is 0.827. The fraction of sp³-hybridized carbons (Fsp3) is 0.533. The van der Waals surface area contributed by atoms with Crippen LogP contribution in [0.25, 0.3) is 0 Å². The van der Waals surface area contributed by atoms with Crippen LogP contribution in [0.1, 0.15) is 38.3 Å². The van der Waals surface area contributed by atoms with Crippen LogP contribution in [0.5, 0.6) is 0 Å². The molecule has 0 radical (unpaired) electrons. The standard InChI is InChI=1S/C15H19BrN2O2/c1-15(2)14(20)13(18-7-3-4-12(18)19)10-8-9(16)5-6-11(10)17-15/h5-6,8,13-14,17,20H,3-4,7H2,1-2H3/t13-,14+/m1/s1. The number of anilines is 1. The first-order valence-electron chi connectivity index (χ1n) is 6.95. The number of aliphatic hydroxyl groups is 1. The minimum atomic E-state index is -0.633. The molecule has 2 aliphatic heterocycles. The van der Waals surface area contributed by atoms with E-state index in [2.05, 4.69) is 21.2 Å². The van der Waals surface area contributed by atoms with E-state index in [9.17, 15) is 9.90 Å². The molecule has 2 aliphatic rings. The summed E-state index contributed by atoms with van der Waals surface area (Å²) in [6, 6.07) is 5.70. The molecule has 20 heavy (non-hydrogen) atoms. The van der Waals surface area contributed by atoms with Gasteiger partial charge < -0.3 is 15.3 Å². The molecule has 0 saturated carbocycles. The predicted molar refractivity (Wildman–Crippen MR) is 81.5 cm³/mol. The Balaban J connectivity index is 2.10. The average molecular weight is 339 g/mol. The molecule has 5 heteroatoms. The topological polar surface area (TPSA) is 52.6 Å². The molecule has 0 unspecified atom stereocenters. The second-order valence-electron chi connectivity index (χ2n) is 6.16. The molecule has 1 amide bonds. The zero-order chi connectivity index (χ0) is 14.5. The van der Waals surface area contributed by atoms with E-state index in [1.54, 1.807) is 0 Å². The number of carbonyl (C=O) groups excluding carboxylic acids is 1. The molecular weight excluding hydrogens is 320 g/mol. The molecule has 1 aromatic carbocycles. The van der Waals surface area contributed by atoms with Gasteiger partial charge in [-0.2, -0.15) is 0 Å². The number of rotatable bonds is 1. The molecule has 1 saturated heterocycles. The summed E-state index contributed by atoms with van der Waals surface area (Å²) in [6.07, 6.45) is 0.825. The van der Waals surface area contributed by atoms with Crippen molar-refractivity contribution in [1.82, 2.24) is 4.90 Å². The fourth-order valence-electron chi connectivity index (χ4n) is 3.18. The van der Waals surface area contributed by atoms with E-state index in [0.717, 1.165) is 28.7 Å². The van der Waals surface area contributed by atoms with Crippen LogP contribution >= 0.6 is 15.9 Å². The van der Waals surface area contributed by atoms with Crippen molar-refractivity contribution in [3.63, 3.8) is 0 Å². The van der Waals surface area contributed by atoms with Gasteiger partial charge in [0.2, 0.25) is 5.91 Å². The molecule has 0 spiro atoms. The maximum absolute atomic E-state index is 12.1. The highest BCUT2D eigenvalue weighted by Crippen LogP contribution is 2.43. The molecule has 2 atom stereocenters. The lowest BCUT2D eigenvalue weighted by atomic mass is 9.82. The van der Waals surface area contributed by atoms with Gasteiger partial charge in [0.25, 0.3) is 0 Å². The van der Waals surface area contributed by atoms with Crippen molar-refractivity contribution in [3.8, 4) is 0 Å². The lowest BCUT2D eigenvalue weighted by Gasteiger charge is -2.46. The molecule has 0 aliphatic carbocycles. The first-order valence-corrected chi connectivity index (χ1v) is 7.74. The van der Waals surface area contributed by atoms with Gasteiger partial charge in [-0.1, -0.05) is 15.9 Å². The molecule has 108 valence electrons. The van der Waals surface area contributed by atoms with E-state index in [1.165, 1.54) is 0 Å². The number of fused-ring (bicyclic) bond motifs is 1. The van der Waals surface area contributed by atoms with Gasteiger partial charge in [0, 0.05) is 28.7 Å². The Morgan fingerprint density at radius 1 is 1.45 bits per heavy atom. The van der Waals surface area contributed by atoms with Gasteiger partial charge in [-0.3, -0.25) is 4.79 Å². The monoisotopic (exact) mass is 338 g/mol. The van der Waals surface area contributed by atoms with Crippen molar-refractivity contribution in [2.24, 2.45) is 0 Å². The third-order valence-electron chi connectivity index (χ3n) is 4.27. The largest absolute Gasteiger partial charge is 0.388 e. The highest BCUT2D eigenvalue weighted by atomic mass is 79.9. The maximum atomic E-state index is 12.1. The summed E-state index contributed by atoms with van der Waals surface area (Å²) in [6.45, 7) is 4.66. The first-order chi connectivity index (χ1) is 9.40. The van der Waals surface area contributed by atoms with Crippen molar-refractivity contribution in [2.75, 3.05) is 11.9 Å². The van der Waals surface area contributed by atoms with E-state index < -0.39 is 11.6 Å². The summed E-state index contributed by atoms with van der Waals surface area (Å²) in [5.41, 5.74) is 1.52. The Morgan fingerprint density at radius 2 is 2.20 bits per heavy atom. The van der Waals surface area contributed by atoms with Crippen molar-refractivity contribution in [1.29, 1.82) is 0 Å². The minimum absolute atomic E-state index is 0.137. The van der Waals surface area contributed by atoms with E-state index in [1.807, 2.05) is 36.9 Å². The van der Waals surface area contributed by atoms with Crippen LogP contribution in [0.4, 0.5) is 5.69 Å². The second-order valence-corrected chi connectivity index (χ2v) is 7.07. The van der Waals surface area contributed by atoms with Crippen LogP contribution < -0.4 is 5.32 Å². The van der Waals surface area contributed by atoms with Gasteiger partial charge in [-0.05, 0) is 38.5 Å². The van der Waals surface area contributed by atoms with Gasteiger partial charge in [-0.15, -0.1) is 0 Å². The third-order valence-corrected chi connectivity index (χ3v) is 4.77. The number of aliphatic hydroxyl groups excluding tert-OH is 1. The van der Waals surface area contributed by atoms with Crippen LogP contribution in [0.2, 0.25) is 0 Å². The van der Waals surface area contributed by atoms with Gasteiger partial charge in [0.05, 0.1) is 11.6 Å². The molecule has 4 nitrogen and oxygen atoms in total. The Bertz CT molecular complexity index is 559. The molecule has 1 fully saturated rings. The third kappa shape index (κ3) is 2.13. The number of halogens is 1. The summed E-state index contributed by atoms with van der Waals surface area (Å²) in [4.78, 5) is 13.9. The van der Waals surface area contributed by atoms with Crippen molar-refractivity contribution in [2.45, 2.75) is 44.4 Å². The number of hydrogen-bond acceptors (Lipinski definition) is 3. The zero-order valence-corrected chi connectivity index (χ0v) is 13.3. The smallest absolute Gasteiger partial charge is 0.223 e. The molecular formula is C15H19BrN2O2. The number of likely N-dealkylation sites (tertiary alicyclic amines) is 1. The van der Waals surface area contributed by atoms with Crippen LogP contribution in [-0.2, 0) is 4.79 Å². The van der Waals surface area contributed by atoms with Gasteiger partial charge in [0.1, 0.15) is 6.10 Å². The lowest BCUT2D eigenvalue weighted by molar-refractivity contribution is -0.133. The fourth-order valence-corrected chi connectivity index (χ4v) is 3.56. The minimum Gasteiger partial charge on any atom is -0.388 e. The molecule has 2 heterocycles. The average Bonchev–Trinajstić information content (AvgIpc) is 2.78. The normalized spacial score (nSPS) is 28.2. The predicted octanol–water partition coefficient (Wildman–Crippen LogP) is 2.68. The number of carbonyl (C=O) groups is 1. The Kier molecular flexibility index (Phi) is 3.29. The number of nitrogens with one attached hydrogen (secondary N) is 1.